The standard InChI is InChI=1S/C20H24FN3OS/c21-17-9-7-14(8-10-17)12-18(25)24-11-3-6-16(13-24)20-23-22-19(26-20)15-4-1-2-5-15/h7-10,15-16H,1-6,11-13H2. The minimum Gasteiger partial charge on any atom is -0.342 e. The Balaban J connectivity index is 1.39. The molecular weight excluding hydrogens is 349 g/mol. The van der Waals surface area contributed by atoms with Crippen LogP contribution >= 0.6 is 11.3 Å². The van der Waals surface area contributed by atoms with Crippen LogP contribution in [0, 0.1) is 5.82 Å². The van der Waals surface area contributed by atoms with E-state index in [1.807, 2.05) is 4.90 Å². The molecule has 1 aliphatic carbocycles. The van der Waals surface area contributed by atoms with Gasteiger partial charge in [-0.25, -0.2) is 4.39 Å². The number of nitrogens with zero attached hydrogens (tertiary/aromatic N) is 3. The molecule has 1 saturated carbocycles. The van der Waals surface area contributed by atoms with E-state index in [0.29, 0.717) is 18.3 Å². The Hall–Kier alpha value is -1.82. The molecular formula is C20H24FN3OS. The van der Waals surface area contributed by atoms with E-state index in [1.165, 1.54) is 42.8 Å². The van der Waals surface area contributed by atoms with Crippen molar-refractivity contribution in [2.24, 2.45) is 0 Å². The van der Waals surface area contributed by atoms with Crippen LogP contribution in [0.5, 0.6) is 0 Å². The molecule has 1 aromatic heterocycles. The number of aromatic nitrogens is 2. The summed E-state index contributed by atoms with van der Waals surface area (Å²) in [6.07, 6.45) is 7.47. The first-order valence-corrected chi connectivity index (χ1v) is 10.4. The van der Waals surface area contributed by atoms with E-state index in [0.717, 1.165) is 36.5 Å². The van der Waals surface area contributed by atoms with Crippen molar-refractivity contribution in [2.45, 2.75) is 56.8 Å². The molecule has 0 bridgehead atoms. The Bertz CT molecular complexity index is 755. The molecule has 1 saturated heterocycles. The topological polar surface area (TPSA) is 46.1 Å². The lowest BCUT2D eigenvalue weighted by molar-refractivity contribution is -0.131. The Morgan fingerprint density at radius 1 is 1.04 bits per heavy atom. The predicted molar refractivity (Wildman–Crippen MR) is 99.8 cm³/mol. The van der Waals surface area contributed by atoms with Gasteiger partial charge in [0.05, 0.1) is 6.42 Å². The molecule has 0 radical (unpaired) electrons. The van der Waals surface area contributed by atoms with Crippen molar-refractivity contribution in [1.29, 1.82) is 0 Å². The molecule has 6 heteroatoms. The fourth-order valence-corrected chi connectivity index (χ4v) is 5.18. The molecule has 2 aromatic rings. The SMILES string of the molecule is O=C(Cc1ccc(F)cc1)N1CCCC(c2nnc(C3CCCC3)s2)C1. The zero-order valence-corrected chi connectivity index (χ0v) is 15.7. The summed E-state index contributed by atoms with van der Waals surface area (Å²) in [4.78, 5) is 14.6. The van der Waals surface area contributed by atoms with Crippen LogP contribution in [0.2, 0.25) is 0 Å². The summed E-state index contributed by atoms with van der Waals surface area (Å²) in [5.41, 5.74) is 0.859. The number of hydrogen-bond donors (Lipinski definition) is 0. The Morgan fingerprint density at radius 3 is 2.42 bits per heavy atom. The fraction of sp³-hybridized carbons (Fsp3) is 0.550. The monoisotopic (exact) mass is 373 g/mol. The predicted octanol–water partition coefficient (Wildman–Crippen LogP) is 4.28. The second-order valence-electron chi connectivity index (χ2n) is 7.44. The van der Waals surface area contributed by atoms with Crippen LogP contribution in [0.15, 0.2) is 24.3 Å². The third-order valence-corrected chi connectivity index (χ3v) is 6.80. The molecule has 1 aliphatic heterocycles. The number of benzene rings is 1. The maximum Gasteiger partial charge on any atom is 0.227 e. The molecule has 4 nitrogen and oxygen atoms in total. The quantitative estimate of drug-likeness (QED) is 0.803. The minimum atomic E-state index is -0.270. The Kier molecular flexibility index (Phi) is 5.29. The van der Waals surface area contributed by atoms with Crippen molar-refractivity contribution >= 4 is 17.2 Å². The van der Waals surface area contributed by atoms with E-state index >= 15 is 0 Å². The summed E-state index contributed by atoms with van der Waals surface area (Å²) in [5.74, 6) is 0.741. The summed E-state index contributed by atoms with van der Waals surface area (Å²) in [6, 6.07) is 6.20. The van der Waals surface area contributed by atoms with E-state index in [-0.39, 0.29) is 11.7 Å². The van der Waals surface area contributed by atoms with E-state index < -0.39 is 0 Å². The second kappa shape index (κ2) is 7.82. The van der Waals surface area contributed by atoms with Crippen LogP contribution in [-0.4, -0.2) is 34.1 Å². The maximum atomic E-state index is 13.0. The molecule has 1 atom stereocenters. The van der Waals surface area contributed by atoms with Gasteiger partial charge in [-0.2, -0.15) is 0 Å². The molecule has 0 spiro atoms. The number of carbonyl (C=O) groups excluding carboxylic acids is 1. The summed E-state index contributed by atoms with van der Waals surface area (Å²) in [5, 5.41) is 11.2. The smallest absolute Gasteiger partial charge is 0.227 e. The van der Waals surface area contributed by atoms with Crippen LogP contribution in [0.1, 0.15) is 65.9 Å². The molecule has 1 aromatic carbocycles. The van der Waals surface area contributed by atoms with Gasteiger partial charge in [0, 0.05) is 24.9 Å². The zero-order valence-electron chi connectivity index (χ0n) is 14.9. The first kappa shape index (κ1) is 17.6. The lowest BCUT2D eigenvalue weighted by Gasteiger charge is -2.31. The number of likely N-dealkylation sites (tertiary alicyclic amines) is 1. The van der Waals surface area contributed by atoms with E-state index in [4.69, 9.17) is 0 Å². The van der Waals surface area contributed by atoms with Gasteiger partial charge < -0.3 is 4.90 Å². The van der Waals surface area contributed by atoms with Gasteiger partial charge in [0.15, 0.2) is 0 Å². The van der Waals surface area contributed by atoms with E-state index in [1.54, 1.807) is 23.5 Å². The summed E-state index contributed by atoms with van der Waals surface area (Å²) in [7, 11) is 0. The number of carbonyl (C=O) groups is 1. The number of piperidine rings is 1. The molecule has 4 rings (SSSR count). The van der Waals surface area contributed by atoms with Gasteiger partial charge >= 0.3 is 0 Å². The largest absolute Gasteiger partial charge is 0.342 e. The van der Waals surface area contributed by atoms with Gasteiger partial charge in [0.1, 0.15) is 15.8 Å². The molecule has 2 heterocycles. The summed E-state index contributed by atoms with van der Waals surface area (Å²) >= 11 is 1.75. The first-order valence-electron chi connectivity index (χ1n) is 9.54. The second-order valence-corrected chi connectivity index (χ2v) is 8.48. The number of hydrogen-bond acceptors (Lipinski definition) is 4. The van der Waals surface area contributed by atoms with Crippen molar-refractivity contribution in [3.63, 3.8) is 0 Å². The van der Waals surface area contributed by atoms with Crippen molar-refractivity contribution in [1.82, 2.24) is 15.1 Å². The van der Waals surface area contributed by atoms with Crippen LogP contribution in [0.4, 0.5) is 4.39 Å². The van der Waals surface area contributed by atoms with Crippen LogP contribution in [0.25, 0.3) is 0 Å². The minimum absolute atomic E-state index is 0.113. The van der Waals surface area contributed by atoms with Crippen LogP contribution in [0.3, 0.4) is 0 Å². The van der Waals surface area contributed by atoms with Gasteiger partial charge in [-0.3, -0.25) is 4.79 Å². The normalized spacial score (nSPS) is 21.3. The first-order chi connectivity index (χ1) is 12.7. The Morgan fingerprint density at radius 2 is 1.69 bits per heavy atom. The van der Waals surface area contributed by atoms with Crippen molar-refractivity contribution < 1.29 is 9.18 Å². The number of rotatable bonds is 4. The molecule has 138 valence electrons. The molecule has 1 amide bonds. The van der Waals surface area contributed by atoms with Crippen LogP contribution in [-0.2, 0) is 11.2 Å². The molecule has 2 aliphatic rings. The van der Waals surface area contributed by atoms with Gasteiger partial charge in [-0.15, -0.1) is 21.5 Å². The number of halogens is 1. The zero-order chi connectivity index (χ0) is 17.9. The van der Waals surface area contributed by atoms with Crippen molar-refractivity contribution in [3.8, 4) is 0 Å². The lowest BCUT2D eigenvalue weighted by Crippen LogP contribution is -2.39. The lowest BCUT2D eigenvalue weighted by atomic mass is 9.98. The van der Waals surface area contributed by atoms with Gasteiger partial charge in [0.2, 0.25) is 5.91 Å². The highest BCUT2D eigenvalue weighted by Gasteiger charge is 2.29. The number of amides is 1. The van der Waals surface area contributed by atoms with E-state index in [2.05, 4.69) is 10.2 Å². The summed E-state index contributed by atoms with van der Waals surface area (Å²) < 4.78 is 13.0. The average Bonchev–Trinajstić information content (AvgIpc) is 3.35. The summed E-state index contributed by atoms with van der Waals surface area (Å²) in [6.45, 7) is 1.52. The molecule has 0 N–H and O–H groups in total. The molecule has 1 unspecified atom stereocenters. The van der Waals surface area contributed by atoms with Gasteiger partial charge in [-0.1, -0.05) is 25.0 Å². The highest BCUT2D eigenvalue weighted by Crippen LogP contribution is 2.38. The van der Waals surface area contributed by atoms with Gasteiger partial charge in [-0.05, 0) is 43.4 Å². The van der Waals surface area contributed by atoms with Crippen LogP contribution < -0.4 is 0 Å². The van der Waals surface area contributed by atoms with Crippen molar-refractivity contribution in [2.75, 3.05) is 13.1 Å². The average molecular weight is 373 g/mol. The van der Waals surface area contributed by atoms with Crippen molar-refractivity contribution in [3.05, 3.63) is 45.7 Å². The third kappa shape index (κ3) is 3.95. The highest BCUT2D eigenvalue weighted by molar-refractivity contribution is 7.11. The Labute approximate surface area is 157 Å². The van der Waals surface area contributed by atoms with Gasteiger partial charge in [0.25, 0.3) is 0 Å². The van der Waals surface area contributed by atoms with E-state index in [9.17, 15) is 9.18 Å². The highest BCUT2D eigenvalue weighted by atomic mass is 32.1. The maximum absolute atomic E-state index is 13.0. The molecule has 2 fully saturated rings. The third-order valence-electron chi connectivity index (χ3n) is 5.55. The molecule has 26 heavy (non-hydrogen) atoms. The fourth-order valence-electron chi connectivity index (χ4n) is 4.04.